The van der Waals surface area contributed by atoms with Crippen molar-refractivity contribution in [2.75, 3.05) is 26.3 Å². The number of carbonyl (C=O) groups excluding carboxylic acids is 1. The van der Waals surface area contributed by atoms with E-state index < -0.39 is 5.91 Å². The van der Waals surface area contributed by atoms with E-state index in [0.29, 0.717) is 19.1 Å². The molecule has 0 aromatic carbocycles. The van der Waals surface area contributed by atoms with E-state index in [9.17, 15) is 4.79 Å². The summed E-state index contributed by atoms with van der Waals surface area (Å²) in [5.74, 6) is -0.256. The minimum Gasteiger partial charge on any atom is -0.474 e. The Kier molecular flexibility index (Phi) is 3.84. The second-order valence-corrected chi connectivity index (χ2v) is 3.63. The van der Waals surface area contributed by atoms with Crippen LogP contribution in [0.2, 0.25) is 0 Å². The van der Waals surface area contributed by atoms with Gasteiger partial charge in [0.2, 0.25) is 5.88 Å². The summed E-state index contributed by atoms with van der Waals surface area (Å²) in [5.41, 5.74) is 5.16. The first-order valence-corrected chi connectivity index (χ1v) is 5.34. The van der Waals surface area contributed by atoms with Crippen molar-refractivity contribution >= 4 is 5.91 Å². The molecule has 1 atom stereocenters. The predicted octanol–water partition coefficient (Wildman–Crippen LogP) is -1.06. The molecule has 0 aliphatic carbocycles. The van der Waals surface area contributed by atoms with E-state index in [2.05, 4.69) is 15.5 Å². The van der Waals surface area contributed by atoms with Crippen molar-refractivity contribution in [3.63, 3.8) is 0 Å². The highest BCUT2D eigenvalue weighted by Crippen LogP contribution is 2.06. The Hall–Kier alpha value is -1.73. The average Bonchev–Trinajstić information content (AvgIpc) is 2.38. The predicted molar refractivity (Wildman–Crippen MR) is 58.7 cm³/mol. The smallest absolute Gasteiger partial charge is 0.269 e. The topological polar surface area (TPSA) is 99.4 Å². The lowest BCUT2D eigenvalue weighted by Gasteiger charge is -2.23. The molecule has 2 heterocycles. The Morgan fingerprint density at radius 2 is 2.47 bits per heavy atom. The zero-order chi connectivity index (χ0) is 12.1. The Labute approximate surface area is 98.3 Å². The average molecular weight is 238 g/mol. The van der Waals surface area contributed by atoms with Gasteiger partial charge in [-0.2, -0.15) is 0 Å². The molecule has 3 N–H and O–H groups in total. The summed E-state index contributed by atoms with van der Waals surface area (Å²) >= 11 is 0. The van der Waals surface area contributed by atoms with Gasteiger partial charge in [-0.25, -0.2) is 0 Å². The van der Waals surface area contributed by atoms with Gasteiger partial charge in [-0.05, 0) is 6.07 Å². The number of ether oxygens (including phenoxy) is 2. The van der Waals surface area contributed by atoms with Crippen molar-refractivity contribution in [2.24, 2.45) is 5.73 Å². The molecule has 1 aromatic rings. The van der Waals surface area contributed by atoms with Gasteiger partial charge in [0.1, 0.15) is 12.7 Å². The normalized spacial score (nSPS) is 19.9. The lowest BCUT2D eigenvalue weighted by atomic mass is 10.3. The fourth-order valence-corrected chi connectivity index (χ4v) is 1.43. The number of hydrogen-bond acceptors (Lipinski definition) is 6. The number of primary amides is 1. The Morgan fingerprint density at radius 1 is 1.59 bits per heavy atom. The van der Waals surface area contributed by atoms with Crippen LogP contribution in [0.1, 0.15) is 10.5 Å². The SMILES string of the molecule is NC(=O)c1ccc(OCC2CNCCO2)nn1. The second-order valence-electron chi connectivity index (χ2n) is 3.63. The number of rotatable bonds is 4. The number of amides is 1. The molecule has 92 valence electrons. The molecule has 0 spiro atoms. The summed E-state index contributed by atoms with van der Waals surface area (Å²) in [6.45, 7) is 2.70. The molecular formula is C10H14N4O3. The van der Waals surface area contributed by atoms with Gasteiger partial charge in [0.15, 0.2) is 5.69 Å². The van der Waals surface area contributed by atoms with Crippen LogP contribution < -0.4 is 15.8 Å². The summed E-state index contributed by atoms with van der Waals surface area (Å²) in [4.78, 5) is 10.8. The number of carbonyl (C=O) groups is 1. The van der Waals surface area contributed by atoms with Crippen molar-refractivity contribution in [1.29, 1.82) is 0 Å². The lowest BCUT2D eigenvalue weighted by Crippen LogP contribution is -2.41. The molecule has 2 rings (SSSR count). The molecule has 0 radical (unpaired) electrons. The van der Waals surface area contributed by atoms with Gasteiger partial charge >= 0.3 is 0 Å². The van der Waals surface area contributed by atoms with E-state index >= 15 is 0 Å². The Balaban J connectivity index is 1.84. The third-order valence-corrected chi connectivity index (χ3v) is 2.31. The molecule has 1 aromatic heterocycles. The van der Waals surface area contributed by atoms with Crippen LogP contribution in [0.15, 0.2) is 12.1 Å². The second kappa shape index (κ2) is 5.55. The number of morpholine rings is 1. The third kappa shape index (κ3) is 3.36. The summed E-state index contributed by atoms with van der Waals surface area (Å²) < 4.78 is 10.8. The summed E-state index contributed by atoms with van der Waals surface area (Å²) in [5, 5.41) is 10.6. The van der Waals surface area contributed by atoms with E-state index in [1.165, 1.54) is 6.07 Å². The number of nitrogens with zero attached hydrogens (tertiary/aromatic N) is 2. The van der Waals surface area contributed by atoms with Crippen molar-refractivity contribution in [1.82, 2.24) is 15.5 Å². The van der Waals surface area contributed by atoms with Crippen molar-refractivity contribution in [3.05, 3.63) is 17.8 Å². The summed E-state index contributed by atoms with van der Waals surface area (Å²) in [6, 6.07) is 3.04. The molecule has 7 heteroatoms. The first-order valence-electron chi connectivity index (χ1n) is 5.34. The molecule has 1 fully saturated rings. The van der Waals surface area contributed by atoms with Crippen LogP contribution in [0.3, 0.4) is 0 Å². The van der Waals surface area contributed by atoms with E-state index in [1.54, 1.807) is 6.07 Å². The van der Waals surface area contributed by atoms with Gasteiger partial charge in [0.05, 0.1) is 6.61 Å². The minimum absolute atomic E-state index is 0.0152. The van der Waals surface area contributed by atoms with Crippen LogP contribution in [0.5, 0.6) is 5.88 Å². The van der Waals surface area contributed by atoms with Crippen LogP contribution in [0, 0.1) is 0 Å². The minimum atomic E-state index is -0.608. The summed E-state index contributed by atoms with van der Waals surface area (Å²) in [6.07, 6.45) is 0.0152. The Bertz CT molecular complexity index is 376. The highest BCUT2D eigenvalue weighted by atomic mass is 16.5. The fourth-order valence-electron chi connectivity index (χ4n) is 1.43. The molecule has 1 aliphatic heterocycles. The maximum Gasteiger partial charge on any atom is 0.269 e. The molecule has 1 saturated heterocycles. The van der Waals surface area contributed by atoms with E-state index in [1.807, 2.05) is 0 Å². The fraction of sp³-hybridized carbons (Fsp3) is 0.500. The highest BCUT2D eigenvalue weighted by molar-refractivity contribution is 5.90. The molecule has 0 bridgehead atoms. The van der Waals surface area contributed by atoms with Gasteiger partial charge in [-0.15, -0.1) is 10.2 Å². The summed E-state index contributed by atoms with van der Waals surface area (Å²) in [7, 11) is 0. The zero-order valence-corrected chi connectivity index (χ0v) is 9.26. The van der Waals surface area contributed by atoms with E-state index in [4.69, 9.17) is 15.2 Å². The number of nitrogens with one attached hydrogen (secondary N) is 1. The number of nitrogens with two attached hydrogens (primary N) is 1. The first kappa shape index (κ1) is 11.7. The van der Waals surface area contributed by atoms with Crippen LogP contribution >= 0.6 is 0 Å². The van der Waals surface area contributed by atoms with Gasteiger partial charge in [0.25, 0.3) is 5.91 Å². The van der Waals surface area contributed by atoms with Crippen LogP contribution in [0.4, 0.5) is 0 Å². The molecular weight excluding hydrogens is 224 g/mol. The van der Waals surface area contributed by atoms with Crippen LogP contribution in [-0.4, -0.2) is 48.5 Å². The molecule has 1 unspecified atom stereocenters. The largest absolute Gasteiger partial charge is 0.474 e. The number of hydrogen-bond donors (Lipinski definition) is 2. The zero-order valence-electron chi connectivity index (χ0n) is 9.26. The van der Waals surface area contributed by atoms with Gasteiger partial charge in [0, 0.05) is 19.2 Å². The Morgan fingerprint density at radius 3 is 3.06 bits per heavy atom. The van der Waals surface area contributed by atoms with Crippen molar-refractivity contribution < 1.29 is 14.3 Å². The lowest BCUT2D eigenvalue weighted by molar-refractivity contribution is -0.000943. The standard InChI is InChI=1S/C10H14N4O3/c11-10(15)8-1-2-9(14-13-8)17-6-7-5-12-3-4-16-7/h1-2,7,12H,3-6H2,(H2,11,15). The third-order valence-electron chi connectivity index (χ3n) is 2.31. The highest BCUT2D eigenvalue weighted by Gasteiger charge is 2.14. The molecule has 17 heavy (non-hydrogen) atoms. The van der Waals surface area contributed by atoms with E-state index in [0.717, 1.165) is 13.1 Å². The van der Waals surface area contributed by atoms with Crippen molar-refractivity contribution in [3.8, 4) is 5.88 Å². The maximum atomic E-state index is 10.8. The monoisotopic (exact) mass is 238 g/mol. The van der Waals surface area contributed by atoms with Crippen LogP contribution in [-0.2, 0) is 4.74 Å². The van der Waals surface area contributed by atoms with Gasteiger partial charge in [-0.3, -0.25) is 4.79 Å². The van der Waals surface area contributed by atoms with Crippen LogP contribution in [0.25, 0.3) is 0 Å². The molecule has 0 saturated carbocycles. The quantitative estimate of drug-likeness (QED) is 0.694. The number of aromatic nitrogens is 2. The maximum absolute atomic E-state index is 10.8. The first-order chi connectivity index (χ1) is 8.25. The van der Waals surface area contributed by atoms with E-state index in [-0.39, 0.29) is 11.8 Å². The van der Waals surface area contributed by atoms with Gasteiger partial charge < -0.3 is 20.5 Å². The molecule has 1 amide bonds. The molecule has 7 nitrogen and oxygen atoms in total. The van der Waals surface area contributed by atoms with Gasteiger partial charge in [-0.1, -0.05) is 0 Å². The molecule has 1 aliphatic rings. The van der Waals surface area contributed by atoms with Crippen molar-refractivity contribution in [2.45, 2.75) is 6.10 Å².